The summed E-state index contributed by atoms with van der Waals surface area (Å²) in [6, 6.07) is 12.1. The number of nitrogens with zero attached hydrogens (tertiary/aromatic N) is 1. The number of fused-ring (bicyclic) bond motifs is 1. The molecular formula is C23H30N4O. The number of anilines is 3. The molecule has 28 heavy (non-hydrogen) atoms. The van der Waals surface area contributed by atoms with E-state index in [0.717, 1.165) is 54.4 Å². The summed E-state index contributed by atoms with van der Waals surface area (Å²) in [5.74, 6) is -0.0665. The van der Waals surface area contributed by atoms with E-state index < -0.39 is 0 Å². The van der Waals surface area contributed by atoms with E-state index >= 15 is 0 Å². The lowest BCUT2D eigenvalue weighted by Crippen LogP contribution is -2.28. The predicted octanol–water partition coefficient (Wildman–Crippen LogP) is 4.46. The summed E-state index contributed by atoms with van der Waals surface area (Å²) in [6.45, 7) is 12.6. The molecule has 148 valence electrons. The number of amides is 1. The normalized spacial score (nSPS) is 14.3. The highest BCUT2D eigenvalue weighted by molar-refractivity contribution is 6.32. The Kier molecular flexibility index (Phi) is 6.37. The lowest BCUT2D eigenvalue weighted by molar-refractivity contribution is -0.110. The molecule has 0 aromatic heterocycles. The van der Waals surface area contributed by atoms with E-state index in [2.05, 4.69) is 53.8 Å². The van der Waals surface area contributed by atoms with Gasteiger partial charge in [0.25, 0.3) is 5.91 Å². The summed E-state index contributed by atoms with van der Waals surface area (Å²) in [5.41, 5.74) is 6.91. The number of benzene rings is 2. The highest BCUT2D eigenvalue weighted by Gasteiger charge is 2.25. The molecule has 1 heterocycles. The molecular weight excluding hydrogens is 348 g/mol. The van der Waals surface area contributed by atoms with E-state index in [-0.39, 0.29) is 5.91 Å². The fraction of sp³-hybridized carbons (Fsp3) is 0.348. The van der Waals surface area contributed by atoms with Gasteiger partial charge in [-0.25, -0.2) is 0 Å². The van der Waals surface area contributed by atoms with Gasteiger partial charge in [0.05, 0.1) is 5.57 Å². The number of aryl methyl sites for hydroxylation is 2. The minimum absolute atomic E-state index is 0.0665. The average molecular weight is 379 g/mol. The number of hydrogen-bond donors (Lipinski definition) is 3. The Morgan fingerprint density at radius 3 is 2.57 bits per heavy atom. The van der Waals surface area contributed by atoms with Crippen molar-refractivity contribution in [1.82, 2.24) is 4.90 Å². The molecule has 0 bridgehead atoms. The van der Waals surface area contributed by atoms with Gasteiger partial charge in [-0.05, 0) is 62.3 Å². The Hall–Kier alpha value is -2.79. The van der Waals surface area contributed by atoms with Crippen molar-refractivity contribution in [3.63, 3.8) is 0 Å². The van der Waals surface area contributed by atoms with Crippen LogP contribution in [0.3, 0.4) is 0 Å². The Labute approximate surface area is 167 Å². The topological polar surface area (TPSA) is 56.4 Å². The van der Waals surface area contributed by atoms with E-state index in [4.69, 9.17) is 0 Å². The van der Waals surface area contributed by atoms with Crippen LogP contribution in [0.25, 0.3) is 5.57 Å². The molecule has 0 saturated carbocycles. The summed E-state index contributed by atoms with van der Waals surface area (Å²) in [5, 5.41) is 9.73. The first kappa shape index (κ1) is 20.0. The number of likely N-dealkylation sites (N-methyl/N-ethyl adjacent to an activating group) is 1. The second-order valence-corrected chi connectivity index (χ2v) is 7.14. The number of hydrogen-bond acceptors (Lipinski definition) is 4. The van der Waals surface area contributed by atoms with Crippen LogP contribution in [0.15, 0.2) is 42.6 Å². The minimum atomic E-state index is -0.0665. The van der Waals surface area contributed by atoms with Gasteiger partial charge in [-0.15, -0.1) is 0 Å². The maximum Gasteiger partial charge on any atom is 0.257 e. The van der Waals surface area contributed by atoms with Gasteiger partial charge >= 0.3 is 0 Å². The quantitative estimate of drug-likeness (QED) is 0.594. The number of carbonyl (C=O) groups excluding carboxylic acids is 1. The lowest BCUT2D eigenvalue weighted by atomic mass is 10.0. The van der Waals surface area contributed by atoms with Crippen molar-refractivity contribution in [2.75, 3.05) is 42.1 Å². The van der Waals surface area contributed by atoms with Crippen LogP contribution in [0, 0.1) is 13.8 Å². The molecule has 1 aliphatic rings. The predicted molar refractivity (Wildman–Crippen MR) is 119 cm³/mol. The van der Waals surface area contributed by atoms with E-state index in [1.807, 2.05) is 31.2 Å². The molecule has 5 nitrogen and oxygen atoms in total. The SMILES string of the molecule is CCN(CC)CCNc1ccc(NC=C2C(=O)Nc3cccc(C)c32)cc1C. The number of nitrogens with one attached hydrogen (secondary N) is 3. The summed E-state index contributed by atoms with van der Waals surface area (Å²) >= 11 is 0. The molecule has 0 spiro atoms. The molecule has 0 aliphatic carbocycles. The number of carbonyl (C=O) groups is 1. The zero-order chi connectivity index (χ0) is 20.1. The van der Waals surface area contributed by atoms with E-state index in [1.54, 1.807) is 6.20 Å². The van der Waals surface area contributed by atoms with Gasteiger partial charge in [0.15, 0.2) is 0 Å². The Bertz CT molecular complexity index is 884. The molecule has 5 heteroatoms. The van der Waals surface area contributed by atoms with Gasteiger partial charge in [-0.1, -0.05) is 26.0 Å². The maximum atomic E-state index is 12.3. The van der Waals surface area contributed by atoms with Crippen LogP contribution in [0.5, 0.6) is 0 Å². The van der Waals surface area contributed by atoms with Crippen LogP contribution in [-0.4, -0.2) is 37.0 Å². The number of rotatable bonds is 8. The smallest absolute Gasteiger partial charge is 0.257 e. The van der Waals surface area contributed by atoms with Gasteiger partial charge in [-0.2, -0.15) is 0 Å². The van der Waals surface area contributed by atoms with Crippen LogP contribution in [0.4, 0.5) is 17.1 Å². The first-order chi connectivity index (χ1) is 13.5. The van der Waals surface area contributed by atoms with Crippen molar-refractivity contribution in [2.45, 2.75) is 27.7 Å². The zero-order valence-corrected chi connectivity index (χ0v) is 17.2. The van der Waals surface area contributed by atoms with Crippen molar-refractivity contribution >= 4 is 28.5 Å². The fourth-order valence-electron chi connectivity index (χ4n) is 3.57. The van der Waals surface area contributed by atoms with Crippen LogP contribution in [-0.2, 0) is 4.79 Å². The third kappa shape index (κ3) is 4.37. The van der Waals surface area contributed by atoms with Crippen molar-refractivity contribution in [3.05, 3.63) is 59.3 Å². The molecule has 3 rings (SSSR count). The van der Waals surface area contributed by atoms with Crippen molar-refractivity contribution in [3.8, 4) is 0 Å². The highest BCUT2D eigenvalue weighted by atomic mass is 16.2. The third-order valence-corrected chi connectivity index (χ3v) is 5.28. The lowest BCUT2D eigenvalue weighted by Gasteiger charge is -2.19. The maximum absolute atomic E-state index is 12.3. The summed E-state index contributed by atoms with van der Waals surface area (Å²) in [4.78, 5) is 14.7. The van der Waals surface area contributed by atoms with E-state index in [9.17, 15) is 4.79 Å². The molecule has 1 amide bonds. The second-order valence-electron chi connectivity index (χ2n) is 7.14. The first-order valence-corrected chi connectivity index (χ1v) is 9.98. The molecule has 0 radical (unpaired) electrons. The molecule has 0 atom stereocenters. The minimum Gasteiger partial charge on any atom is -0.384 e. The highest BCUT2D eigenvalue weighted by Crippen LogP contribution is 2.34. The van der Waals surface area contributed by atoms with Crippen LogP contribution in [0.1, 0.15) is 30.5 Å². The van der Waals surface area contributed by atoms with Gasteiger partial charge in [0.1, 0.15) is 0 Å². The summed E-state index contributed by atoms with van der Waals surface area (Å²) in [7, 11) is 0. The monoisotopic (exact) mass is 378 g/mol. The van der Waals surface area contributed by atoms with Gasteiger partial charge in [0, 0.05) is 41.9 Å². The molecule has 1 aliphatic heterocycles. The largest absolute Gasteiger partial charge is 0.384 e. The van der Waals surface area contributed by atoms with E-state index in [1.165, 1.54) is 5.56 Å². The Balaban J connectivity index is 1.67. The van der Waals surface area contributed by atoms with Crippen molar-refractivity contribution in [2.24, 2.45) is 0 Å². The van der Waals surface area contributed by atoms with Crippen molar-refractivity contribution in [1.29, 1.82) is 0 Å². The van der Waals surface area contributed by atoms with Crippen molar-refractivity contribution < 1.29 is 4.79 Å². The van der Waals surface area contributed by atoms with E-state index in [0.29, 0.717) is 5.57 Å². The van der Waals surface area contributed by atoms with Gasteiger partial charge in [-0.3, -0.25) is 4.79 Å². The van der Waals surface area contributed by atoms with Gasteiger partial charge < -0.3 is 20.9 Å². The Morgan fingerprint density at radius 1 is 1.07 bits per heavy atom. The van der Waals surface area contributed by atoms with Crippen LogP contribution in [0.2, 0.25) is 0 Å². The molecule has 0 unspecified atom stereocenters. The van der Waals surface area contributed by atoms with Crippen LogP contribution >= 0.6 is 0 Å². The Morgan fingerprint density at radius 2 is 1.86 bits per heavy atom. The molecule has 3 N–H and O–H groups in total. The second kappa shape index (κ2) is 8.93. The fourth-order valence-corrected chi connectivity index (χ4v) is 3.57. The summed E-state index contributed by atoms with van der Waals surface area (Å²) in [6.07, 6.45) is 1.80. The molecule has 0 fully saturated rings. The third-order valence-electron chi connectivity index (χ3n) is 5.28. The summed E-state index contributed by atoms with van der Waals surface area (Å²) < 4.78 is 0. The first-order valence-electron chi connectivity index (χ1n) is 9.98. The average Bonchev–Trinajstić information content (AvgIpc) is 3.01. The van der Waals surface area contributed by atoms with Crippen LogP contribution < -0.4 is 16.0 Å². The molecule has 2 aromatic rings. The zero-order valence-electron chi connectivity index (χ0n) is 17.2. The molecule has 0 saturated heterocycles. The standard InChI is InChI=1S/C23H30N4O/c1-5-27(6-2)13-12-24-20-11-10-18(14-17(20)4)25-15-19-22-16(3)8-7-9-21(22)26-23(19)28/h7-11,14-15,24-25H,5-6,12-13H2,1-4H3,(H,26,28). The molecule has 2 aromatic carbocycles. The van der Waals surface area contributed by atoms with Gasteiger partial charge in [0.2, 0.25) is 0 Å².